The third-order valence-corrected chi connectivity index (χ3v) is 4.14. The molecule has 5 heteroatoms. The summed E-state index contributed by atoms with van der Waals surface area (Å²) in [5.41, 5.74) is 0.882. The summed E-state index contributed by atoms with van der Waals surface area (Å²) in [4.78, 5) is 25.7. The first-order valence-corrected chi connectivity index (χ1v) is 7.25. The number of carbonyl (C=O) groups excluding carboxylic acids is 1. The lowest BCUT2D eigenvalue weighted by molar-refractivity contribution is -0.157. The van der Waals surface area contributed by atoms with Crippen LogP contribution in [0.3, 0.4) is 0 Å². The van der Waals surface area contributed by atoms with Gasteiger partial charge in [0.15, 0.2) is 0 Å². The van der Waals surface area contributed by atoms with E-state index >= 15 is 0 Å². The van der Waals surface area contributed by atoms with E-state index in [1.54, 1.807) is 20.8 Å². The molecule has 0 aliphatic carbocycles. The Bertz CT molecular complexity index is 554. The van der Waals surface area contributed by atoms with Crippen LogP contribution in [0.2, 0.25) is 0 Å². The molecule has 1 atom stereocenters. The first-order valence-electron chi connectivity index (χ1n) is 7.25. The Morgan fingerprint density at radius 3 is 2.67 bits per heavy atom. The number of carboxylic acid groups (broad SMARTS) is 1. The van der Waals surface area contributed by atoms with Crippen molar-refractivity contribution in [3.05, 3.63) is 35.4 Å². The molecule has 1 aromatic rings. The normalized spacial score (nSPS) is 18.0. The zero-order chi connectivity index (χ0) is 15.6. The van der Waals surface area contributed by atoms with E-state index in [2.05, 4.69) is 5.32 Å². The number of hydrogen-bond donors (Lipinski definition) is 2. The van der Waals surface area contributed by atoms with Crippen LogP contribution in [-0.2, 0) is 16.0 Å². The molecule has 1 heterocycles. The van der Waals surface area contributed by atoms with Gasteiger partial charge in [-0.3, -0.25) is 4.79 Å². The lowest BCUT2D eigenvalue weighted by Crippen LogP contribution is -2.56. The summed E-state index contributed by atoms with van der Waals surface area (Å²) in [5.74, 6) is -1.18. The van der Waals surface area contributed by atoms with Crippen molar-refractivity contribution in [1.29, 1.82) is 0 Å². The highest BCUT2D eigenvalue weighted by Gasteiger charge is 2.40. The summed E-state index contributed by atoms with van der Waals surface area (Å²) in [6.45, 7) is 6.01. The van der Waals surface area contributed by atoms with Crippen LogP contribution >= 0.6 is 0 Å². The quantitative estimate of drug-likeness (QED) is 0.883. The second-order valence-electron chi connectivity index (χ2n) is 5.78. The molecule has 0 spiro atoms. The number of nitrogens with zero attached hydrogens (tertiary/aromatic N) is 1. The minimum atomic E-state index is -1.22. The minimum absolute atomic E-state index is 0.183. The fourth-order valence-electron chi connectivity index (χ4n) is 2.82. The van der Waals surface area contributed by atoms with E-state index in [0.717, 1.165) is 24.1 Å². The molecule has 1 aliphatic heterocycles. The number of hydrogen-bond acceptors (Lipinski definition) is 3. The van der Waals surface area contributed by atoms with Gasteiger partial charge in [-0.25, -0.2) is 4.79 Å². The maximum Gasteiger partial charge on any atom is 0.329 e. The van der Waals surface area contributed by atoms with Crippen LogP contribution in [0.25, 0.3) is 0 Å². The molecule has 0 radical (unpaired) electrons. The smallest absolute Gasteiger partial charge is 0.329 e. The standard InChI is InChI=1S/C16H22N2O3/c1-4-18(16(2,3)15(20)21)14(19)13-12-8-6-5-7-11(12)9-10-17-13/h5-8,13,17H,4,9-10H2,1-3H3,(H,20,21). The number of nitrogens with one attached hydrogen (secondary N) is 1. The van der Waals surface area contributed by atoms with Gasteiger partial charge in [-0.2, -0.15) is 0 Å². The second kappa shape index (κ2) is 5.85. The molecule has 1 aromatic carbocycles. The van der Waals surface area contributed by atoms with Gasteiger partial charge in [0.05, 0.1) is 0 Å². The Labute approximate surface area is 125 Å². The van der Waals surface area contributed by atoms with Gasteiger partial charge in [0.25, 0.3) is 0 Å². The van der Waals surface area contributed by atoms with E-state index < -0.39 is 17.6 Å². The number of benzene rings is 1. The van der Waals surface area contributed by atoms with E-state index in [-0.39, 0.29) is 5.91 Å². The molecule has 2 N–H and O–H groups in total. The van der Waals surface area contributed by atoms with Crippen molar-refractivity contribution in [3.63, 3.8) is 0 Å². The molecule has 5 nitrogen and oxygen atoms in total. The van der Waals surface area contributed by atoms with Crippen LogP contribution < -0.4 is 5.32 Å². The van der Waals surface area contributed by atoms with Gasteiger partial charge >= 0.3 is 5.97 Å². The van der Waals surface area contributed by atoms with E-state index in [1.807, 2.05) is 24.3 Å². The molecule has 0 aromatic heterocycles. The number of aliphatic carboxylic acids is 1. The van der Waals surface area contributed by atoms with E-state index in [0.29, 0.717) is 6.54 Å². The molecule has 21 heavy (non-hydrogen) atoms. The number of carbonyl (C=O) groups is 2. The van der Waals surface area contributed by atoms with Crippen molar-refractivity contribution in [1.82, 2.24) is 10.2 Å². The van der Waals surface area contributed by atoms with Crippen LogP contribution in [0.15, 0.2) is 24.3 Å². The predicted molar refractivity (Wildman–Crippen MR) is 80.0 cm³/mol. The van der Waals surface area contributed by atoms with E-state index in [1.165, 1.54) is 4.90 Å². The average Bonchev–Trinajstić information content (AvgIpc) is 2.46. The summed E-state index contributed by atoms with van der Waals surface area (Å²) in [7, 11) is 0. The molecular weight excluding hydrogens is 268 g/mol. The highest BCUT2D eigenvalue weighted by molar-refractivity contribution is 5.90. The molecule has 0 saturated carbocycles. The van der Waals surface area contributed by atoms with Gasteiger partial charge in [-0.15, -0.1) is 0 Å². The van der Waals surface area contributed by atoms with Gasteiger partial charge in [0.2, 0.25) is 5.91 Å². The van der Waals surface area contributed by atoms with E-state index in [9.17, 15) is 14.7 Å². The number of carboxylic acids is 1. The van der Waals surface area contributed by atoms with E-state index in [4.69, 9.17) is 0 Å². The van der Waals surface area contributed by atoms with Crippen molar-refractivity contribution >= 4 is 11.9 Å². The first kappa shape index (κ1) is 15.5. The van der Waals surface area contributed by atoms with Gasteiger partial charge in [-0.05, 0) is 38.3 Å². The Hall–Kier alpha value is -1.88. The third kappa shape index (κ3) is 2.78. The predicted octanol–water partition coefficient (Wildman–Crippen LogP) is 1.59. The summed E-state index contributed by atoms with van der Waals surface area (Å²) in [6.07, 6.45) is 0.883. The average molecular weight is 290 g/mol. The van der Waals surface area contributed by atoms with Crippen molar-refractivity contribution in [3.8, 4) is 0 Å². The summed E-state index contributed by atoms with van der Waals surface area (Å²) >= 11 is 0. The highest BCUT2D eigenvalue weighted by atomic mass is 16.4. The molecular formula is C16H22N2O3. The zero-order valence-electron chi connectivity index (χ0n) is 12.7. The van der Waals surface area contributed by atoms with Crippen LogP contribution in [0, 0.1) is 0 Å². The van der Waals surface area contributed by atoms with Crippen LogP contribution in [0.5, 0.6) is 0 Å². The minimum Gasteiger partial charge on any atom is -0.480 e. The summed E-state index contributed by atoms with van der Waals surface area (Å²) in [5, 5.41) is 12.6. The summed E-state index contributed by atoms with van der Waals surface area (Å²) in [6, 6.07) is 7.36. The number of fused-ring (bicyclic) bond motifs is 1. The Morgan fingerprint density at radius 1 is 1.38 bits per heavy atom. The first-order chi connectivity index (χ1) is 9.89. The van der Waals surface area contributed by atoms with Gasteiger partial charge < -0.3 is 15.3 Å². The molecule has 2 rings (SSSR count). The zero-order valence-corrected chi connectivity index (χ0v) is 12.7. The SMILES string of the molecule is CCN(C(=O)C1NCCc2ccccc21)C(C)(C)C(=O)O. The maximum atomic E-state index is 12.8. The molecule has 0 saturated heterocycles. The van der Waals surface area contributed by atoms with Gasteiger partial charge in [-0.1, -0.05) is 24.3 Å². The lowest BCUT2D eigenvalue weighted by Gasteiger charge is -2.38. The fraction of sp³-hybridized carbons (Fsp3) is 0.500. The number of likely N-dealkylation sites (N-methyl/N-ethyl adjacent to an activating group) is 1. The fourth-order valence-corrected chi connectivity index (χ4v) is 2.82. The molecule has 0 bridgehead atoms. The molecule has 0 fully saturated rings. The molecule has 1 unspecified atom stereocenters. The van der Waals surface area contributed by atoms with Crippen LogP contribution in [0.1, 0.15) is 37.9 Å². The van der Waals surface area contributed by atoms with Gasteiger partial charge in [0.1, 0.15) is 11.6 Å². The topological polar surface area (TPSA) is 69.6 Å². The maximum absolute atomic E-state index is 12.8. The second-order valence-corrected chi connectivity index (χ2v) is 5.78. The van der Waals surface area contributed by atoms with Crippen LogP contribution in [-0.4, -0.2) is 40.5 Å². The monoisotopic (exact) mass is 290 g/mol. The van der Waals surface area contributed by atoms with Crippen molar-refractivity contribution in [2.75, 3.05) is 13.1 Å². The summed E-state index contributed by atoms with van der Waals surface area (Å²) < 4.78 is 0. The van der Waals surface area contributed by atoms with Crippen molar-refractivity contribution < 1.29 is 14.7 Å². The molecule has 1 aliphatic rings. The van der Waals surface area contributed by atoms with Crippen molar-refractivity contribution in [2.45, 2.75) is 38.8 Å². The molecule has 1 amide bonds. The number of amides is 1. The number of rotatable bonds is 4. The Kier molecular flexibility index (Phi) is 4.32. The Balaban J connectivity index is 2.34. The Morgan fingerprint density at radius 2 is 2.05 bits per heavy atom. The third-order valence-electron chi connectivity index (χ3n) is 4.14. The highest BCUT2D eigenvalue weighted by Crippen LogP contribution is 2.27. The lowest BCUT2D eigenvalue weighted by atomic mass is 9.92. The van der Waals surface area contributed by atoms with Gasteiger partial charge in [0, 0.05) is 13.1 Å². The van der Waals surface area contributed by atoms with Crippen LogP contribution in [0.4, 0.5) is 0 Å². The molecule has 114 valence electrons. The largest absolute Gasteiger partial charge is 0.480 e. The van der Waals surface area contributed by atoms with Crippen molar-refractivity contribution in [2.24, 2.45) is 0 Å².